The molecule has 0 spiro atoms. The molecule has 1 saturated heterocycles. The maximum atomic E-state index is 14.0. The van der Waals surface area contributed by atoms with Gasteiger partial charge in [0, 0.05) is 18.7 Å². The number of anilines is 1. The van der Waals surface area contributed by atoms with E-state index in [2.05, 4.69) is 0 Å². The molecule has 1 aliphatic heterocycles. The van der Waals surface area contributed by atoms with E-state index in [1.807, 2.05) is 0 Å². The van der Waals surface area contributed by atoms with Gasteiger partial charge in [0.2, 0.25) is 0 Å². The Bertz CT molecular complexity index is 571. The highest BCUT2D eigenvalue weighted by Crippen LogP contribution is 2.32. The second kappa shape index (κ2) is 5.09. The smallest absolute Gasteiger partial charge is 0.152 e. The zero-order valence-electron chi connectivity index (χ0n) is 11.0. The number of nitrogens with zero attached hydrogens (tertiary/aromatic N) is 1. The third-order valence-corrected chi connectivity index (χ3v) is 5.33. The zero-order chi connectivity index (χ0) is 14.2. The lowest BCUT2D eigenvalue weighted by Gasteiger charge is -2.29. The van der Waals surface area contributed by atoms with E-state index in [0.717, 1.165) is 0 Å². The first-order valence-corrected chi connectivity index (χ1v) is 8.03. The normalized spacial score (nSPS) is 23.3. The lowest BCUT2D eigenvalue weighted by Crippen LogP contribution is -2.34. The molecule has 0 bridgehead atoms. The van der Waals surface area contributed by atoms with Gasteiger partial charge in [0.15, 0.2) is 9.84 Å². The van der Waals surface area contributed by atoms with Crippen molar-refractivity contribution in [3.63, 3.8) is 0 Å². The van der Waals surface area contributed by atoms with E-state index in [1.54, 1.807) is 31.0 Å². The van der Waals surface area contributed by atoms with Crippen LogP contribution in [0, 0.1) is 5.82 Å². The molecule has 0 aromatic heterocycles. The number of sulfone groups is 1. The quantitative estimate of drug-likeness (QED) is 0.915. The minimum absolute atomic E-state index is 0.0388. The average Bonchev–Trinajstić information content (AvgIpc) is 2.68. The molecule has 6 heteroatoms. The molecule has 1 aromatic rings. The van der Waals surface area contributed by atoms with Gasteiger partial charge in [-0.25, -0.2) is 12.8 Å². The predicted octanol–water partition coefficient (Wildman–Crippen LogP) is 1.50. The fourth-order valence-electron chi connectivity index (χ4n) is 2.50. The Hall–Kier alpha value is -1.14. The number of halogens is 1. The van der Waals surface area contributed by atoms with Crippen molar-refractivity contribution in [2.45, 2.75) is 25.5 Å². The summed E-state index contributed by atoms with van der Waals surface area (Å²) in [6, 6.07) is 4.28. The van der Waals surface area contributed by atoms with Crippen LogP contribution in [0.15, 0.2) is 18.2 Å². The maximum Gasteiger partial charge on any atom is 0.152 e. The molecule has 0 saturated carbocycles. The van der Waals surface area contributed by atoms with Crippen LogP contribution in [0.3, 0.4) is 0 Å². The molecule has 0 aliphatic carbocycles. The lowest BCUT2D eigenvalue weighted by atomic mass is 10.1. The highest BCUT2D eigenvalue weighted by atomic mass is 32.2. The van der Waals surface area contributed by atoms with Crippen LogP contribution in [0.25, 0.3) is 0 Å². The second-order valence-corrected chi connectivity index (χ2v) is 7.25. The van der Waals surface area contributed by atoms with Gasteiger partial charge in [-0.2, -0.15) is 0 Å². The molecule has 1 aromatic carbocycles. The standard InChI is InChI=1S/C13H18FNO3S/c1-9(16)11-4-3-5-12(14)13(11)15(2)10-6-7-19(17,18)8-10/h3-5,9-10,16H,6-8H2,1-2H3/t9-,10?/m1/s1. The molecule has 1 heterocycles. The summed E-state index contributed by atoms with van der Waals surface area (Å²) >= 11 is 0. The highest BCUT2D eigenvalue weighted by Gasteiger charge is 2.32. The molecule has 2 rings (SSSR count). The van der Waals surface area contributed by atoms with Gasteiger partial charge in [-0.05, 0) is 19.4 Å². The van der Waals surface area contributed by atoms with E-state index in [9.17, 15) is 17.9 Å². The molecule has 1 unspecified atom stereocenters. The van der Waals surface area contributed by atoms with Gasteiger partial charge < -0.3 is 10.0 Å². The molecule has 0 radical (unpaired) electrons. The highest BCUT2D eigenvalue weighted by molar-refractivity contribution is 7.91. The van der Waals surface area contributed by atoms with Gasteiger partial charge in [0.05, 0.1) is 23.3 Å². The maximum absolute atomic E-state index is 14.0. The van der Waals surface area contributed by atoms with Crippen LogP contribution < -0.4 is 4.90 Å². The van der Waals surface area contributed by atoms with Gasteiger partial charge in [-0.3, -0.25) is 0 Å². The van der Waals surface area contributed by atoms with Crippen molar-refractivity contribution in [3.8, 4) is 0 Å². The summed E-state index contributed by atoms with van der Waals surface area (Å²) in [6.07, 6.45) is -0.307. The zero-order valence-corrected chi connectivity index (χ0v) is 11.8. The summed E-state index contributed by atoms with van der Waals surface area (Å²) in [7, 11) is -1.34. The largest absolute Gasteiger partial charge is 0.389 e. The Morgan fingerprint density at radius 1 is 1.47 bits per heavy atom. The summed E-state index contributed by atoms with van der Waals surface area (Å²) in [4.78, 5) is 1.64. The minimum Gasteiger partial charge on any atom is -0.389 e. The Morgan fingerprint density at radius 2 is 2.16 bits per heavy atom. The molecule has 1 fully saturated rings. The number of para-hydroxylation sites is 1. The van der Waals surface area contributed by atoms with Gasteiger partial charge in [-0.1, -0.05) is 12.1 Å². The molecule has 0 amide bonds. The molecule has 106 valence electrons. The number of hydrogen-bond acceptors (Lipinski definition) is 4. The summed E-state index contributed by atoms with van der Waals surface area (Å²) in [5.74, 6) is -0.262. The molecule has 1 aliphatic rings. The predicted molar refractivity (Wildman–Crippen MR) is 72.5 cm³/mol. The van der Waals surface area contributed by atoms with Crippen LogP contribution >= 0.6 is 0 Å². The first-order valence-electron chi connectivity index (χ1n) is 6.21. The number of aliphatic hydroxyl groups excluding tert-OH is 1. The molecule has 1 N–H and O–H groups in total. The Morgan fingerprint density at radius 3 is 2.68 bits per heavy atom. The van der Waals surface area contributed by atoms with E-state index in [1.165, 1.54) is 6.07 Å². The van der Waals surface area contributed by atoms with E-state index >= 15 is 0 Å². The first kappa shape index (κ1) is 14.3. The summed E-state index contributed by atoms with van der Waals surface area (Å²) < 4.78 is 37.0. The molecule has 19 heavy (non-hydrogen) atoms. The SMILES string of the molecule is C[C@@H](O)c1cccc(F)c1N(C)C1CCS(=O)(=O)C1. The molecular formula is C13H18FNO3S. The van der Waals surface area contributed by atoms with Crippen molar-refractivity contribution in [1.82, 2.24) is 0 Å². The summed E-state index contributed by atoms with van der Waals surface area (Å²) in [6.45, 7) is 1.57. The van der Waals surface area contributed by atoms with Crippen LogP contribution in [0.4, 0.5) is 10.1 Å². The average molecular weight is 287 g/mol. The first-order chi connectivity index (χ1) is 8.82. The van der Waals surface area contributed by atoms with Crippen LogP contribution in [-0.4, -0.2) is 38.1 Å². The van der Waals surface area contributed by atoms with Crippen LogP contribution in [0.2, 0.25) is 0 Å². The third-order valence-electron chi connectivity index (χ3n) is 3.58. The van der Waals surface area contributed by atoms with Crippen molar-refractivity contribution < 1.29 is 17.9 Å². The van der Waals surface area contributed by atoms with Gasteiger partial charge in [0.1, 0.15) is 5.82 Å². The molecular weight excluding hydrogens is 269 g/mol. The van der Waals surface area contributed by atoms with Crippen molar-refractivity contribution in [2.75, 3.05) is 23.5 Å². The number of benzene rings is 1. The Balaban J connectivity index is 2.36. The minimum atomic E-state index is -3.02. The third kappa shape index (κ3) is 2.90. The lowest BCUT2D eigenvalue weighted by molar-refractivity contribution is 0.199. The van der Waals surface area contributed by atoms with E-state index in [4.69, 9.17) is 0 Å². The van der Waals surface area contributed by atoms with Crippen molar-refractivity contribution in [1.29, 1.82) is 0 Å². The van der Waals surface area contributed by atoms with Crippen LogP contribution in [0.5, 0.6) is 0 Å². The second-order valence-electron chi connectivity index (χ2n) is 5.02. The van der Waals surface area contributed by atoms with Gasteiger partial charge in [-0.15, -0.1) is 0 Å². The van der Waals surface area contributed by atoms with Crippen LogP contribution in [0.1, 0.15) is 25.0 Å². The molecule has 4 nitrogen and oxygen atoms in total. The molecule has 2 atom stereocenters. The van der Waals surface area contributed by atoms with Crippen molar-refractivity contribution in [3.05, 3.63) is 29.6 Å². The number of hydrogen-bond donors (Lipinski definition) is 1. The van der Waals surface area contributed by atoms with E-state index < -0.39 is 21.8 Å². The van der Waals surface area contributed by atoms with Crippen molar-refractivity contribution >= 4 is 15.5 Å². The summed E-state index contributed by atoms with van der Waals surface area (Å²) in [5.41, 5.74) is 0.770. The number of aliphatic hydroxyl groups is 1. The fraction of sp³-hybridized carbons (Fsp3) is 0.538. The monoisotopic (exact) mass is 287 g/mol. The van der Waals surface area contributed by atoms with Crippen molar-refractivity contribution in [2.24, 2.45) is 0 Å². The fourth-order valence-corrected chi connectivity index (χ4v) is 4.28. The summed E-state index contributed by atoms with van der Waals surface area (Å²) in [5, 5.41) is 9.71. The van der Waals surface area contributed by atoms with Gasteiger partial charge >= 0.3 is 0 Å². The Kier molecular flexibility index (Phi) is 3.82. The van der Waals surface area contributed by atoms with E-state index in [0.29, 0.717) is 17.7 Å². The number of rotatable bonds is 3. The topological polar surface area (TPSA) is 57.6 Å². The Labute approximate surface area is 112 Å². The van der Waals surface area contributed by atoms with Crippen LogP contribution in [-0.2, 0) is 9.84 Å². The van der Waals surface area contributed by atoms with E-state index in [-0.39, 0.29) is 17.5 Å². The van der Waals surface area contributed by atoms with Gasteiger partial charge in [0.25, 0.3) is 0 Å².